The highest BCUT2D eigenvalue weighted by Gasteiger charge is 2.16. The van der Waals surface area contributed by atoms with Crippen LogP contribution in [0.3, 0.4) is 0 Å². The van der Waals surface area contributed by atoms with Crippen LogP contribution in [0.15, 0.2) is 71.2 Å². The Bertz CT molecular complexity index is 991. The lowest BCUT2D eigenvalue weighted by molar-refractivity contribution is 0.0736. The molecule has 0 amide bonds. The zero-order valence-corrected chi connectivity index (χ0v) is 16.5. The quantitative estimate of drug-likeness (QED) is 0.458. The highest BCUT2D eigenvalue weighted by atomic mass is 16.6. The van der Waals surface area contributed by atoms with E-state index in [0.717, 1.165) is 16.7 Å². The van der Waals surface area contributed by atoms with Crippen LogP contribution < -0.4 is 0 Å². The number of aryl methyl sites for hydroxylation is 2. The number of oxime groups is 2. The summed E-state index contributed by atoms with van der Waals surface area (Å²) in [5.74, 6) is 0.705. The van der Waals surface area contributed by atoms with E-state index < -0.39 is 0 Å². The summed E-state index contributed by atoms with van der Waals surface area (Å²) in [6, 6.07) is 16.0. The average molecular weight is 376 g/mol. The van der Waals surface area contributed by atoms with E-state index in [0.29, 0.717) is 11.5 Å². The molecule has 0 saturated heterocycles. The van der Waals surface area contributed by atoms with Crippen LogP contribution in [0.4, 0.5) is 0 Å². The highest BCUT2D eigenvalue weighted by molar-refractivity contribution is 6.14. The van der Waals surface area contributed by atoms with Gasteiger partial charge in [0.1, 0.15) is 13.2 Å². The molecule has 144 valence electrons. The van der Waals surface area contributed by atoms with E-state index in [1.54, 1.807) is 12.4 Å². The molecule has 1 heterocycles. The van der Waals surface area contributed by atoms with Crippen LogP contribution in [0, 0.1) is 6.92 Å². The van der Waals surface area contributed by atoms with Gasteiger partial charge in [-0.2, -0.15) is 0 Å². The number of benzene rings is 2. The second-order valence-corrected chi connectivity index (χ2v) is 6.47. The Morgan fingerprint density at radius 3 is 2.71 bits per heavy atom. The topological polar surface area (TPSA) is 61.0 Å². The minimum atomic E-state index is -0.148. The summed E-state index contributed by atoms with van der Waals surface area (Å²) >= 11 is 0. The predicted molar refractivity (Wildman–Crippen MR) is 111 cm³/mol. The molecule has 0 N–H and O–H groups in total. The third kappa shape index (κ3) is 4.46. The van der Waals surface area contributed by atoms with E-state index in [-0.39, 0.29) is 6.10 Å². The lowest BCUT2D eigenvalue weighted by Gasteiger charge is -2.11. The molecule has 0 fully saturated rings. The minimum absolute atomic E-state index is 0.148. The van der Waals surface area contributed by atoms with E-state index in [2.05, 4.69) is 34.4 Å². The van der Waals surface area contributed by atoms with Crippen molar-refractivity contribution < 1.29 is 9.68 Å². The van der Waals surface area contributed by atoms with Crippen molar-refractivity contribution in [3.8, 4) is 0 Å². The van der Waals surface area contributed by atoms with E-state index in [4.69, 9.17) is 9.68 Å². The number of imidazole rings is 1. The van der Waals surface area contributed by atoms with Crippen molar-refractivity contribution in [3.05, 3.63) is 89.0 Å². The number of aromatic nitrogens is 2. The van der Waals surface area contributed by atoms with Crippen LogP contribution in [0.5, 0.6) is 0 Å². The lowest BCUT2D eigenvalue weighted by Crippen LogP contribution is -2.13. The van der Waals surface area contributed by atoms with Crippen molar-refractivity contribution in [1.82, 2.24) is 9.55 Å². The molecule has 0 aliphatic rings. The number of hydrogen-bond donors (Lipinski definition) is 0. The van der Waals surface area contributed by atoms with Gasteiger partial charge in [-0.3, -0.25) is 0 Å². The summed E-state index contributed by atoms with van der Waals surface area (Å²) in [7, 11) is 3.43. The van der Waals surface area contributed by atoms with Gasteiger partial charge in [-0.25, -0.2) is 4.98 Å². The third-order valence-electron chi connectivity index (χ3n) is 4.35. The van der Waals surface area contributed by atoms with Gasteiger partial charge in [0.15, 0.2) is 11.5 Å². The maximum Gasteiger partial charge on any atom is 0.162 e. The highest BCUT2D eigenvalue weighted by Crippen LogP contribution is 2.19. The summed E-state index contributed by atoms with van der Waals surface area (Å²) < 4.78 is 1.89. The molecule has 1 aromatic heterocycles. The van der Waals surface area contributed by atoms with Gasteiger partial charge < -0.3 is 14.2 Å². The molecule has 0 spiro atoms. The van der Waals surface area contributed by atoms with Gasteiger partial charge in [0.2, 0.25) is 0 Å². The zero-order chi connectivity index (χ0) is 19.9. The normalized spacial score (nSPS) is 12.9. The third-order valence-corrected chi connectivity index (χ3v) is 4.35. The monoisotopic (exact) mass is 376 g/mol. The smallest absolute Gasteiger partial charge is 0.162 e. The van der Waals surface area contributed by atoms with Gasteiger partial charge in [-0.05, 0) is 19.4 Å². The largest absolute Gasteiger partial charge is 0.399 e. The number of rotatable bonds is 7. The van der Waals surface area contributed by atoms with E-state index in [1.807, 2.05) is 61.1 Å². The van der Waals surface area contributed by atoms with Gasteiger partial charge in [-0.1, -0.05) is 64.4 Å². The van der Waals surface area contributed by atoms with Gasteiger partial charge in [0.05, 0.1) is 6.21 Å². The van der Waals surface area contributed by atoms with Crippen molar-refractivity contribution in [3.63, 3.8) is 0 Å². The van der Waals surface area contributed by atoms with Crippen LogP contribution in [0.2, 0.25) is 0 Å². The van der Waals surface area contributed by atoms with Crippen molar-refractivity contribution in [2.75, 3.05) is 7.11 Å². The molecule has 1 unspecified atom stereocenters. The fourth-order valence-corrected chi connectivity index (χ4v) is 2.88. The number of nitrogens with zero attached hydrogens (tertiary/aromatic N) is 4. The molecule has 6 nitrogen and oxygen atoms in total. The molecular weight excluding hydrogens is 352 g/mol. The van der Waals surface area contributed by atoms with Gasteiger partial charge >= 0.3 is 0 Å². The maximum absolute atomic E-state index is 5.67. The first-order chi connectivity index (χ1) is 13.6. The first-order valence-electron chi connectivity index (χ1n) is 9.04. The molecule has 0 aliphatic heterocycles. The first kappa shape index (κ1) is 19.4. The van der Waals surface area contributed by atoms with E-state index >= 15 is 0 Å². The predicted octanol–water partition coefficient (Wildman–Crippen LogP) is 4.24. The zero-order valence-electron chi connectivity index (χ0n) is 16.5. The first-order valence-corrected chi connectivity index (χ1v) is 9.04. The molecule has 0 radical (unpaired) electrons. The Labute approximate surface area is 165 Å². The van der Waals surface area contributed by atoms with Gasteiger partial charge in [0.25, 0.3) is 0 Å². The van der Waals surface area contributed by atoms with Crippen molar-refractivity contribution in [2.24, 2.45) is 17.4 Å². The summed E-state index contributed by atoms with van der Waals surface area (Å²) in [5, 5.41) is 8.40. The van der Waals surface area contributed by atoms with Crippen molar-refractivity contribution >= 4 is 11.9 Å². The molecular formula is C22H24N4O2. The molecule has 3 rings (SSSR count). The second kappa shape index (κ2) is 8.99. The van der Waals surface area contributed by atoms with Crippen LogP contribution in [0.25, 0.3) is 0 Å². The van der Waals surface area contributed by atoms with Crippen molar-refractivity contribution in [2.45, 2.75) is 20.0 Å². The molecule has 6 heteroatoms. The lowest BCUT2D eigenvalue weighted by atomic mass is 10.0. The minimum Gasteiger partial charge on any atom is -0.399 e. The molecule has 0 saturated carbocycles. The van der Waals surface area contributed by atoms with Crippen LogP contribution in [-0.2, 0) is 16.7 Å². The average Bonchev–Trinajstić information content (AvgIpc) is 3.12. The van der Waals surface area contributed by atoms with Crippen LogP contribution >= 0.6 is 0 Å². The Morgan fingerprint density at radius 1 is 1.18 bits per heavy atom. The Balaban J connectivity index is 1.85. The molecule has 1 atom stereocenters. The fraction of sp³-hybridized carbons (Fsp3) is 0.227. The summed E-state index contributed by atoms with van der Waals surface area (Å²) in [6.45, 7) is 4.04. The molecule has 3 aromatic rings. The number of hydrogen-bond acceptors (Lipinski definition) is 5. The Kier molecular flexibility index (Phi) is 6.22. The molecule has 0 aliphatic carbocycles. The SMILES string of the molecule is CO/N=C(\c1ccccc1/C=N/OC(C)c1cccc(C)c1)c1nccn1C. The van der Waals surface area contributed by atoms with Crippen LogP contribution in [-0.4, -0.2) is 28.6 Å². The van der Waals surface area contributed by atoms with Gasteiger partial charge in [0, 0.05) is 30.6 Å². The molecule has 0 bridgehead atoms. The molecule has 2 aromatic carbocycles. The Morgan fingerprint density at radius 2 is 2.00 bits per heavy atom. The summed E-state index contributed by atoms with van der Waals surface area (Å²) in [5.41, 5.74) is 4.62. The van der Waals surface area contributed by atoms with Gasteiger partial charge in [-0.15, -0.1) is 0 Å². The summed E-state index contributed by atoms with van der Waals surface area (Å²) in [6.07, 6.45) is 5.13. The van der Waals surface area contributed by atoms with Crippen molar-refractivity contribution in [1.29, 1.82) is 0 Å². The second-order valence-electron chi connectivity index (χ2n) is 6.47. The Hall–Kier alpha value is -3.41. The fourth-order valence-electron chi connectivity index (χ4n) is 2.88. The summed E-state index contributed by atoms with van der Waals surface area (Å²) in [4.78, 5) is 15.1. The maximum atomic E-state index is 5.67. The molecule has 28 heavy (non-hydrogen) atoms. The standard InChI is InChI=1S/C22H24N4O2/c1-16-8-7-10-18(14-16)17(2)28-24-15-19-9-5-6-11-20(19)21(25-27-4)22-23-12-13-26(22)3/h5-15,17H,1-4H3/b24-15+,25-21+. The van der Waals surface area contributed by atoms with Crippen LogP contribution in [0.1, 0.15) is 41.1 Å². The van der Waals surface area contributed by atoms with E-state index in [1.165, 1.54) is 12.7 Å². The van der Waals surface area contributed by atoms with E-state index in [9.17, 15) is 0 Å².